The first-order chi connectivity index (χ1) is 13.4. The second-order valence-corrected chi connectivity index (χ2v) is 6.56. The van der Waals surface area contributed by atoms with Crippen LogP contribution in [-0.2, 0) is 4.79 Å². The summed E-state index contributed by atoms with van der Waals surface area (Å²) in [6.45, 7) is 0.463. The summed E-state index contributed by atoms with van der Waals surface area (Å²) in [5.74, 6) is 0.546. The van der Waals surface area contributed by atoms with E-state index in [1.165, 1.54) is 32.3 Å². The van der Waals surface area contributed by atoms with Gasteiger partial charge in [-0.3, -0.25) is 4.79 Å². The van der Waals surface area contributed by atoms with E-state index in [0.717, 1.165) is 11.1 Å². The fourth-order valence-electron chi connectivity index (χ4n) is 3.99. The third-order valence-electron chi connectivity index (χ3n) is 5.10. The van der Waals surface area contributed by atoms with Crippen LogP contribution in [0, 0.1) is 0 Å². The number of fused-ring (bicyclic) bond motifs is 6. The van der Waals surface area contributed by atoms with Crippen LogP contribution in [0.4, 0.5) is 0 Å². The normalized spacial score (nSPS) is 11.1. The molecule has 2 heteroatoms. The van der Waals surface area contributed by atoms with E-state index >= 15 is 0 Å². The Hall–Kier alpha value is -3.65. The van der Waals surface area contributed by atoms with Gasteiger partial charge in [-0.05, 0) is 55.6 Å². The largest absolute Gasteiger partial charge is 0.429 e. The number of benzene rings is 5. The minimum atomic E-state index is 0.463. The Bertz CT molecular complexity index is 1270. The molecule has 0 saturated heterocycles. The number of hydrogen-bond acceptors (Lipinski definition) is 2. The van der Waals surface area contributed by atoms with Crippen molar-refractivity contribution < 1.29 is 9.53 Å². The van der Waals surface area contributed by atoms with E-state index in [9.17, 15) is 4.79 Å². The summed E-state index contributed by atoms with van der Waals surface area (Å²) < 4.78 is 5.06. The molecule has 0 saturated carbocycles. The summed E-state index contributed by atoms with van der Waals surface area (Å²) in [6.07, 6.45) is 0. The molecule has 0 heterocycles. The Balaban J connectivity index is 1.95. The summed E-state index contributed by atoms with van der Waals surface area (Å²) in [5.41, 5.74) is 2.16. The molecular weight excluding hydrogens is 332 g/mol. The van der Waals surface area contributed by atoms with Gasteiger partial charge in [-0.1, -0.05) is 78.9 Å². The van der Waals surface area contributed by atoms with Gasteiger partial charge >= 0.3 is 0 Å². The molecule has 2 nitrogen and oxygen atoms in total. The molecule has 0 radical (unpaired) electrons. The molecular formula is C25H16O2. The zero-order chi connectivity index (χ0) is 18.2. The van der Waals surface area contributed by atoms with Crippen LogP contribution in [0.15, 0.2) is 91.0 Å². The van der Waals surface area contributed by atoms with Gasteiger partial charge in [-0.25, -0.2) is 0 Å². The highest BCUT2D eigenvalue weighted by molar-refractivity contribution is 6.28. The number of carbonyl (C=O) groups is 1. The van der Waals surface area contributed by atoms with Gasteiger partial charge in [-0.2, -0.15) is 0 Å². The topological polar surface area (TPSA) is 26.3 Å². The number of rotatable bonds is 3. The zero-order valence-electron chi connectivity index (χ0n) is 14.6. The van der Waals surface area contributed by atoms with E-state index in [-0.39, 0.29) is 0 Å². The lowest BCUT2D eigenvalue weighted by Crippen LogP contribution is -1.90. The molecule has 0 atom stereocenters. The molecule has 0 amide bonds. The monoisotopic (exact) mass is 348 g/mol. The van der Waals surface area contributed by atoms with Crippen LogP contribution in [-0.4, -0.2) is 6.47 Å². The fraction of sp³-hybridized carbons (Fsp3) is 0. The van der Waals surface area contributed by atoms with E-state index in [1.54, 1.807) is 6.07 Å². The van der Waals surface area contributed by atoms with Crippen molar-refractivity contribution in [2.24, 2.45) is 0 Å². The summed E-state index contributed by atoms with van der Waals surface area (Å²) in [6, 6.07) is 31.1. The Labute approximate surface area is 156 Å². The maximum Gasteiger partial charge on any atom is 0.298 e. The predicted octanol–water partition coefficient (Wildman–Crippen LogP) is 6.35. The molecule has 0 aliphatic heterocycles. The van der Waals surface area contributed by atoms with Crippen LogP contribution in [0.2, 0.25) is 0 Å². The molecule has 27 heavy (non-hydrogen) atoms. The van der Waals surface area contributed by atoms with Gasteiger partial charge < -0.3 is 4.74 Å². The van der Waals surface area contributed by atoms with Crippen molar-refractivity contribution in [1.29, 1.82) is 0 Å². The molecule has 5 aromatic carbocycles. The van der Waals surface area contributed by atoms with Crippen LogP contribution in [0.3, 0.4) is 0 Å². The zero-order valence-corrected chi connectivity index (χ0v) is 14.6. The lowest BCUT2D eigenvalue weighted by atomic mass is 9.89. The van der Waals surface area contributed by atoms with Gasteiger partial charge in [0.05, 0.1) is 0 Å². The van der Waals surface area contributed by atoms with Gasteiger partial charge in [0.25, 0.3) is 6.47 Å². The van der Waals surface area contributed by atoms with Crippen LogP contribution in [0.25, 0.3) is 43.4 Å². The third kappa shape index (κ3) is 2.46. The van der Waals surface area contributed by atoms with Gasteiger partial charge in [0.15, 0.2) is 0 Å². The molecule has 0 spiro atoms. The Morgan fingerprint density at radius 1 is 0.593 bits per heavy atom. The Morgan fingerprint density at radius 3 is 1.81 bits per heavy atom. The summed E-state index contributed by atoms with van der Waals surface area (Å²) in [4.78, 5) is 10.7. The molecule has 0 bridgehead atoms. The predicted molar refractivity (Wildman–Crippen MR) is 111 cm³/mol. The van der Waals surface area contributed by atoms with Crippen molar-refractivity contribution in [3.05, 3.63) is 91.0 Å². The second kappa shape index (κ2) is 6.26. The van der Waals surface area contributed by atoms with Gasteiger partial charge in [0.2, 0.25) is 0 Å². The van der Waals surface area contributed by atoms with Crippen LogP contribution < -0.4 is 4.74 Å². The number of carbonyl (C=O) groups excluding carboxylic acids is 1. The minimum absolute atomic E-state index is 0.463. The van der Waals surface area contributed by atoms with E-state index in [2.05, 4.69) is 72.8 Å². The molecule has 0 unspecified atom stereocenters. The van der Waals surface area contributed by atoms with Crippen molar-refractivity contribution in [1.82, 2.24) is 0 Å². The molecule has 0 aromatic heterocycles. The Kier molecular flexibility index (Phi) is 3.61. The quantitative estimate of drug-likeness (QED) is 0.280. The number of ether oxygens (including phenoxy) is 1. The first-order valence-electron chi connectivity index (χ1n) is 8.90. The highest BCUT2D eigenvalue weighted by atomic mass is 16.5. The van der Waals surface area contributed by atoms with Crippen LogP contribution >= 0.6 is 0 Å². The lowest BCUT2D eigenvalue weighted by molar-refractivity contribution is -0.120. The molecule has 5 rings (SSSR count). The van der Waals surface area contributed by atoms with Crippen LogP contribution in [0.5, 0.6) is 5.75 Å². The highest BCUT2D eigenvalue weighted by Crippen LogP contribution is 2.40. The maximum absolute atomic E-state index is 10.7. The molecule has 128 valence electrons. The SMILES string of the molecule is O=COc1cccc(-c2cccc3c4ccccc4c4ccccc4c23)c1. The molecule has 0 aliphatic carbocycles. The molecule has 5 aromatic rings. The van der Waals surface area contributed by atoms with Crippen molar-refractivity contribution in [2.45, 2.75) is 0 Å². The van der Waals surface area contributed by atoms with Crippen LogP contribution in [0.1, 0.15) is 0 Å². The molecule has 0 N–H and O–H groups in total. The molecule has 0 aliphatic rings. The summed E-state index contributed by atoms with van der Waals surface area (Å²) in [7, 11) is 0. The highest BCUT2D eigenvalue weighted by Gasteiger charge is 2.12. The smallest absolute Gasteiger partial charge is 0.298 e. The van der Waals surface area contributed by atoms with E-state index in [4.69, 9.17) is 4.74 Å². The van der Waals surface area contributed by atoms with E-state index in [0.29, 0.717) is 12.2 Å². The first kappa shape index (κ1) is 15.6. The van der Waals surface area contributed by atoms with Crippen molar-refractivity contribution in [3.63, 3.8) is 0 Å². The maximum atomic E-state index is 10.7. The number of hydrogen-bond donors (Lipinski definition) is 0. The van der Waals surface area contributed by atoms with Crippen molar-refractivity contribution >= 4 is 38.8 Å². The van der Waals surface area contributed by atoms with Gasteiger partial charge in [0.1, 0.15) is 5.75 Å². The van der Waals surface area contributed by atoms with Gasteiger partial charge in [-0.15, -0.1) is 0 Å². The summed E-state index contributed by atoms with van der Waals surface area (Å²) >= 11 is 0. The molecule has 0 fully saturated rings. The lowest BCUT2D eigenvalue weighted by Gasteiger charge is -2.14. The first-order valence-corrected chi connectivity index (χ1v) is 8.90. The van der Waals surface area contributed by atoms with Crippen molar-refractivity contribution in [2.75, 3.05) is 0 Å². The van der Waals surface area contributed by atoms with Crippen molar-refractivity contribution in [3.8, 4) is 16.9 Å². The summed E-state index contributed by atoms with van der Waals surface area (Å²) in [5, 5.41) is 7.42. The van der Waals surface area contributed by atoms with Gasteiger partial charge in [0, 0.05) is 0 Å². The minimum Gasteiger partial charge on any atom is -0.429 e. The standard InChI is InChI=1S/C25H16O2/c26-16-27-18-8-5-7-17(15-18)19-13-6-14-24-22-10-2-1-9-20(22)21-11-3-4-12-23(21)25(19)24/h1-16H. The average molecular weight is 348 g/mol. The third-order valence-corrected chi connectivity index (χ3v) is 5.10. The fourth-order valence-corrected chi connectivity index (χ4v) is 3.99. The van der Waals surface area contributed by atoms with E-state index < -0.39 is 0 Å². The van der Waals surface area contributed by atoms with E-state index in [1.807, 2.05) is 12.1 Å². The average Bonchev–Trinajstić information content (AvgIpc) is 2.74. The Morgan fingerprint density at radius 2 is 1.15 bits per heavy atom. The second-order valence-electron chi connectivity index (χ2n) is 6.56.